The Bertz CT molecular complexity index is 1390. The highest BCUT2D eigenvalue weighted by Crippen LogP contribution is 2.37. The maximum absolute atomic E-state index is 13.8. The summed E-state index contributed by atoms with van der Waals surface area (Å²) >= 11 is 1.51. The van der Waals surface area contributed by atoms with E-state index in [-0.39, 0.29) is 11.2 Å². The molecule has 33 heavy (non-hydrogen) atoms. The van der Waals surface area contributed by atoms with Gasteiger partial charge in [0.05, 0.1) is 36.6 Å². The standard InChI is InChI=1S/C25H24N4O3S/c1-25(2)13-19-20(15-32-25)33-22-21(19)23(30)29(17-9-11-18(31-3)12-10-17)24(27-22)28-26-14-16-7-5-4-6-8-16/h4-12,14H,13,15H2,1-3H3,(H,27,28)/b26-14-. The largest absolute Gasteiger partial charge is 0.497 e. The fraction of sp³-hybridized carbons (Fsp3) is 0.240. The maximum Gasteiger partial charge on any atom is 0.268 e. The van der Waals surface area contributed by atoms with E-state index >= 15 is 0 Å². The molecule has 3 heterocycles. The number of aromatic nitrogens is 2. The maximum atomic E-state index is 13.8. The third kappa shape index (κ3) is 4.15. The van der Waals surface area contributed by atoms with Crippen LogP contribution < -0.4 is 15.7 Å². The molecule has 1 aliphatic rings. The monoisotopic (exact) mass is 460 g/mol. The summed E-state index contributed by atoms with van der Waals surface area (Å²) < 4.78 is 12.8. The predicted octanol–water partition coefficient (Wildman–Crippen LogP) is 4.75. The Labute approximate surface area is 195 Å². The molecule has 0 saturated heterocycles. The van der Waals surface area contributed by atoms with E-state index in [2.05, 4.69) is 10.5 Å². The average Bonchev–Trinajstić information content (AvgIpc) is 3.17. The van der Waals surface area contributed by atoms with Gasteiger partial charge in [0.15, 0.2) is 0 Å². The first-order chi connectivity index (χ1) is 15.9. The minimum absolute atomic E-state index is 0.127. The van der Waals surface area contributed by atoms with E-state index in [4.69, 9.17) is 14.5 Å². The molecule has 0 radical (unpaired) electrons. The van der Waals surface area contributed by atoms with E-state index in [1.54, 1.807) is 17.9 Å². The molecule has 0 spiro atoms. The topological polar surface area (TPSA) is 77.7 Å². The number of fused-ring (bicyclic) bond motifs is 3. The number of anilines is 1. The first-order valence-electron chi connectivity index (χ1n) is 10.6. The molecule has 4 aromatic rings. The molecule has 1 aliphatic heterocycles. The van der Waals surface area contributed by atoms with Crippen LogP contribution >= 0.6 is 11.3 Å². The van der Waals surface area contributed by atoms with Gasteiger partial charge in [-0.1, -0.05) is 30.3 Å². The summed E-state index contributed by atoms with van der Waals surface area (Å²) in [5.41, 5.74) is 5.19. The van der Waals surface area contributed by atoms with Gasteiger partial charge in [-0.3, -0.25) is 4.79 Å². The van der Waals surface area contributed by atoms with Crippen LogP contribution in [-0.2, 0) is 17.8 Å². The minimum atomic E-state index is -0.324. The molecule has 1 N–H and O–H groups in total. The smallest absolute Gasteiger partial charge is 0.268 e. The van der Waals surface area contributed by atoms with Crippen molar-refractivity contribution in [2.75, 3.05) is 12.5 Å². The van der Waals surface area contributed by atoms with Gasteiger partial charge in [0.2, 0.25) is 5.95 Å². The van der Waals surface area contributed by atoms with Crippen LogP contribution in [-0.4, -0.2) is 28.5 Å². The van der Waals surface area contributed by atoms with E-state index in [9.17, 15) is 4.79 Å². The summed E-state index contributed by atoms with van der Waals surface area (Å²) in [6.45, 7) is 4.58. The molecule has 168 valence electrons. The van der Waals surface area contributed by atoms with Gasteiger partial charge >= 0.3 is 0 Å². The van der Waals surface area contributed by atoms with E-state index in [1.807, 2.05) is 68.4 Å². The number of thiophene rings is 1. The molecular formula is C25H24N4O3S. The van der Waals surface area contributed by atoms with Gasteiger partial charge in [-0.05, 0) is 49.2 Å². The molecular weight excluding hydrogens is 436 g/mol. The lowest BCUT2D eigenvalue weighted by Crippen LogP contribution is -2.32. The van der Waals surface area contributed by atoms with Crippen LogP contribution in [0.15, 0.2) is 64.5 Å². The number of rotatable bonds is 5. The summed E-state index contributed by atoms with van der Waals surface area (Å²) in [6.07, 6.45) is 2.37. The molecule has 0 saturated carbocycles. The first kappa shape index (κ1) is 21.4. The van der Waals surface area contributed by atoms with Crippen LogP contribution in [0.2, 0.25) is 0 Å². The number of benzene rings is 2. The number of ether oxygens (including phenoxy) is 2. The summed E-state index contributed by atoms with van der Waals surface area (Å²) in [6, 6.07) is 17.1. The molecule has 0 aliphatic carbocycles. The Morgan fingerprint density at radius 1 is 1.18 bits per heavy atom. The lowest BCUT2D eigenvalue weighted by molar-refractivity contribution is -0.0379. The van der Waals surface area contributed by atoms with Crippen LogP contribution in [0.3, 0.4) is 0 Å². The zero-order valence-electron chi connectivity index (χ0n) is 18.7. The quantitative estimate of drug-likeness (QED) is 0.343. The normalized spacial score (nSPS) is 15.0. The summed E-state index contributed by atoms with van der Waals surface area (Å²) in [4.78, 5) is 20.4. The molecule has 2 aromatic heterocycles. The van der Waals surface area contributed by atoms with Crippen molar-refractivity contribution in [3.63, 3.8) is 0 Å². The number of hydrogen-bond acceptors (Lipinski definition) is 7. The third-order valence-electron chi connectivity index (χ3n) is 5.61. The number of hydrazone groups is 1. The SMILES string of the molecule is COc1ccc(-n2c(N/N=C\c3ccccc3)nc3sc4c(c3c2=O)CC(C)(C)OC4)cc1. The Balaban J connectivity index is 1.65. The van der Waals surface area contributed by atoms with E-state index < -0.39 is 0 Å². The van der Waals surface area contributed by atoms with Crippen LogP contribution in [0.4, 0.5) is 5.95 Å². The average molecular weight is 461 g/mol. The summed E-state index contributed by atoms with van der Waals surface area (Å²) in [5.74, 6) is 1.06. The van der Waals surface area contributed by atoms with Crippen molar-refractivity contribution in [2.24, 2.45) is 5.10 Å². The van der Waals surface area contributed by atoms with Gasteiger partial charge in [-0.2, -0.15) is 5.10 Å². The van der Waals surface area contributed by atoms with Crippen LogP contribution in [0.1, 0.15) is 29.9 Å². The second kappa shape index (κ2) is 8.46. The third-order valence-corrected chi connectivity index (χ3v) is 6.71. The van der Waals surface area contributed by atoms with Crippen molar-refractivity contribution in [3.8, 4) is 11.4 Å². The number of methoxy groups -OCH3 is 1. The molecule has 5 rings (SSSR count). The van der Waals surface area contributed by atoms with Crippen molar-refractivity contribution < 1.29 is 9.47 Å². The van der Waals surface area contributed by atoms with Crippen LogP contribution in [0.25, 0.3) is 15.9 Å². The highest BCUT2D eigenvalue weighted by atomic mass is 32.1. The van der Waals surface area contributed by atoms with Gasteiger partial charge in [0.25, 0.3) is 5.56 Å². The number of hydrogen-bond donors (Lipinski definition) is 1. The zero-order chi connectivity index (χ0) is 23.0. The van der Waals surface area contributed by atoms with Crippen molar-refractivity contribution in [2.45, 2.75) is 32.5 Å². The van der Waals surface area contributed by atoms with Gasteiger partial charge in [0.1, 0.15) is 10.6 Å². The highest BCUT2D eigenvalue weighted by molar-refractivity contribution is 7.18. The lowest BCUT2D eigenvalue weighted by Gasteiger charge is -2.29. The Kier molecular flexibility index (Phi) is 5.47. The molecule has 0 amide bonds. The first-order valence-corrected chi connectivity index (χ1v) is 11.5. The summed E-state index contributed by atoms with van der Waals surface area (Å²) in [7, 11) is 1.61. The second-order valence-corrected chi connectivity index (χ2v) is 9.55. The number of nitrogens with zero attached hydrogens (tertiary/aromatic N) is 3. The molecule has 2 aromatic carbocycles. The van der Waals surface area contributed by atoms with Crippen molar-refractivity contribution in [1.82, 2.24) is 9.55 Å². The second-order valence-electron chi connectivity index (χ2n) is 8.46. The van der Waals surface area contributed by atoms with E-state index in [0.29, 0.717) is 40.6 Å². The lowest BCUT2D eigenvalue weighted by atomic mass is 9.94. The van der Waals surface area contributed by atoms with E-state index in [0.717, 1.165) is 16.0 Å². The van der Waals surface area contributed by atoms with Gasteiger partial charge < -0.3 is 9.47 Å². The van der Waals surface area contributed by atoms with Gasteiger partial charge in [0, 0.05) is 11.3 Å². The Hall–Kier alpha value is -3.49. The Morgan fingerprint density at radius 2 is 1.94 bits per heavy atom. The minimum Gasteiger partial charge on any atom is -0.497 e. The molecule has 0 bridgehead atoms. The molecule has 0 atom stereocenters. The van der Waals surface area contributed by atoms with Gasteiger partial charge in [-0.15, -0.1) is 11.3 Å². The van der Waals surface area contributed by atoms with Crippen molar-refractivity contribution in [1.29, 1.82) is 0 Å². The van der Waals surface area contributed by atoms with Crippen molar-refractivity contribution >= 4 is 33.7 Å². The molecule has 0 unspecified atom stereocenters. The highest BCUT2D eigenvalue weighted by Gasteiger charge is 2.31. The fourth-order valence-electron chi connectivity index (χ4n) is 3.94. The fourth-order valence-corrected chi connectivity index (χ4v) is 5.04. The number of nitrogens with one attached hydrogen (secondary N) is 1. The Morgan fingerprint density at radius 3 is 2.67 bits per heavy atom. The van der Waals surface area contributed by atoms with Crippen molar-refractivity contribution in [3.05, 3.63) is 81.0 Å². The molecule has 7 nitrogen and oxygen atoms in total. The van der Waals surface area contributed by atoms with Crippen LogP contribution in [0, 0.1) is 0 Å². The zero-order valence-corrected chi connectivity index (χ0v) is 19.5. The summed E-state index contributed by atoms with van der Waals surface area (Å²) in [5, 5.41) is 5.00. The molecule has 0 fully saturated rings. The van der Waals surface area contributed by atoms with Crippen LogP contribution in [0.5, 0.6) is 5.75 Å². The van der Waals surface area contributed by atoms with Gasteiger partial charge in [-0.25, -0.2) is 15.0 Å². The van der Waals surface area contributed by atoms with E-state index in [1.165, 1.54) is 11.3 Å². The molecule has 8 heteroatoms. The predicted molar refractivity (Wildman–Crippen MR) is 132 cm³/mol.